The van der Waals surface area contributed by atoms with E-state index in [1.165, 1.54) is 12.8 Å². The monoisotopic (exact) mass is 185 g/mol. The van der Waals surface area contributed by atoms with Crippen molar-refractivity contribution < 1.29 is 4.74 Å². The molecule has 1 rings (SSSR count). The normalized spacial score (nSPS) is 20.3. The molecule has 1 aliphatic rings. The number of hydrogen-bond donors (Lipinski definition) is 1. The van der Waals surface area contributed by atoms with Crippen LogP contribution in [0.1, 0.15) is 33.6 Å². The minimum atomic E-state index is 0.237. The van der Waals surface area contributed by atoms with Crippen LogP contribution in [0.15, 0.2) is 0 Å². The van der Waals surface area contributed by atoms with Crippen LogP contribution in [0.5, 0.6) is 0 Å². The molecular formula is C11H23NO. The fraction of sp³-hybridized carbons (Fsp3) is 1.00. The van der Waals surface area contributed by atoms with Crippen LogP contribution in [-0.2, 0) is 4.74 Å². The molecule has 0 aliphatic heterocycles. The Hall–Kier alpha value is -0.0800. The topological polar surface area (TPSA) is 21.3 Å². The molecule has 1 saturated carbocycles. The Morgan fingerprint density at radius 3 is 2.38 bits per heavy atom. The van der Waals surface area contributed by atoms with Gasteiger partial charge >= 0.3 is 0 Å². The van der Waals surface area contributed by atoms with E-state index in [1.807, 2.05) is 0 Å². The summed E-state index contributed by atoms with van der Waals surface area (Å²) in [5, 5.41) is 3.55. The molecule has 1 atom stereocenters. The van der Waals surface area contributed by atoms with Gasteiger partial charge in [0.1, 0.15) is 0 Å². The van der Waals surface area contributed by atoms with Gasteiger partial charge in [-0.1, -0.05) is 0 Å². The first-order chi connectivity index (χ1) is 6.03. The summed E-state index contributed by atoms with van der Waals surface area (Å²) in [5.74, 6) is 1.65. The molecule has 1 unspecified atom stereocenters. The van der Waals surface area contributed by atoms with Gasteiger partial charge in [0.2, 0.25) is 0 Å². The van der Waals surface area contributed by atoms with Crippen molar-refractivity contribution in [2.45, 2.75) is 39.2 Å². The molecule has 0 heterocycles. The minimum absolute atomic E-state index is 0.237. The van der Waals surface area contributed by atoms with Gasteiger partial charge in [-0.25, -0.2) is 0 Å². The largest absolute Gasteiger partial charge is 0.384 e. The van der Waals surface area contributed by atoms with Gasteiger partial charge < -0.3 is 10.1 Å². The molecule has 13 heavy (non-hydrogen) atoms. The molecule has 1 aliphatic carbocycles. The maximum atomic E-state index is 5.23. The molecule has 0 saturated heterocycles. The van der Waals surface area contributed by atoms with Crippen molar-refractivity contribution in [3.05, 3.63) is 0 Å². The Labute approximate surface area is 82.0 Å². The summed E-state index contributed by atoms with van der Waals surface area (Å²) in [5.41, 5.74) is 0.237. The van der Waals surface area contributed by atoms with Crippen LogP contribution >= 0.6 is 0 Å². The maximum Gasteiger partial charge on any atom is 0.0505 e. The van der Waals surface area contributed by atoms with E-state index in [2.05, 4.69) is 26.1 Å². The summed E-state index contributed by atoms with van der Waals surface area (Å²) in [6, 6.07) is 0. The minimum Gasteiger partial charge on any atom is -0.384 e. The predicted molar refractivity (Wildman–Crippen MR) is 55.8 cm³/mol. The molecule has 0 aromatic rings. The van der Waals surface area contributed by atoms with Crippen LogP contribution in [0.25, 0.3) is 0 Å². The zero-order valence-electron chi connectivity index (χ0n) is 9.39. The van der Waals surface area contributed by atoms with Crippen molar-refractivity contribution in [3.63, 3.8) is 0 Å². The molecule has 1 N–H and O–H groups in total. The summed E-state index contributed by atoms with van der Waals surface area (Å²) < 4.78 is 5.23. The first-order valence-electron chi connectivity index (χ1n) is 5.27. The van der Waals surface area contributed by atoms with Gasteiger partial charge in [0.25, 0.3) is 0 Å². The van der Waals surface area contributed by atoms with E-state index in [-0.39, 0.29) is 5.54 Å². The van der Waals surface area contributed by atoms with Crippen molar-refractivity contribution in [1.29, 1.82) is 0 Å². The van der Waals surface area contributed by atoms with E-state index in [1.54, 1.807) is 7.11 Å². The molecule has 2 heteroatoms. The van der Waals surface area contributed by atoms with Crippen LogP contribution in [-0.4, -0.2) is 25.8 Å². The smallest absolute Gasteiger partial charge is 0.0505 e. The van der Waals surface area contributed by atoms with Crippen molar-refractivity contribution in [1.82, 2.24) is 5.32 Å². The summed E-state index contributed by atoms with van der Waals surface area (Å²) in [7, 11) is 1.80. The molecule has 0 radical (unpaired) electrons. The second-order valence-electron chi connectivity index (χ2n) is 5.18. The van der Waals surface area contributed by atoms with Crippen molar-refractivity contribution in [2.24, 2.45) is 11.8 Å². The van der Waals surface area contributed by atoms with Crippen molar-refractivity contribution >= 4 is 0 Å². The molecule has 0 amide bonds. The Bertz CT molecular complexity index is 147. The third-order valence-corrected chi connectivity index (χ3v) is 2.56. The lowest BCUT2D eigenvalue weighted by atomic mass is 10.0. The van der Waals surface area contributed by atoms with E-state index in [0.29, 0.717) is 0 Å². The Kier molecular flexibility index (Phi) is 3.74. The number of ether oxygens (including phenoxy) is 1. The molecule has 0 bridgehead atoms. The van der Waals surface area contributed by atoms with E-state index < -0.39 is 0 Å². The zero-order valence-corrected chi connectivity index (χ0v) is 9.39. The second kappa shape index (κ2) is 4.43. The van der Waals surface area contributed by atoms with Gasteiger partial charge in [0.15, 0.2) is 0 Å². The Morgan fingerprint density at radius 1 is 1.38 bits per heavy atom. The molecule has 0 aromatic carbocycles. The fourth-order valence-corrected chi connectivity index (χ4v) is 1.58. The third-order valence-electron chi connectivity index (χ3n) is 2.56. The summed E-state index contributed by atoms with van der Waals surface area (Å²) in [6.45, 7) is 8.65. The lowest BCUT2D eigenvalue weighted by Crippen LogP contribution is -2.40. The van der Waals surface area contributed by atoms with Crippen LogP contribution in [0.4, 0.5) is 0 Å². The first-order valence-corrected chi connectivity index (χ1v) is 5.27. The lowest BCUT2D eigenvalue weighted by Gasteiger charge is -2.24. The molecule has 0 aromatic heterocycles. The van der Waals surface area contributed by atoms with E-state index in [0.717, 1.165) is 25.0 Å². The SMILES string of the molecule is COCC(CNC(C)(C)C)C1CC1. The number of rotatable bonds is 5. The Balaban J connectivity index is 2.22. The average molecular weight is 185 g/mol. The number of nitrogens with one attached hydrogen (secondary N) is 1. The zero-order chi connectivity index (χ0) is 9.90. The van der Waals surface area contributed by atoms with Gasteiger partial charge in [-0.05, 0) is 45.4 Å². The maximum absolute atomic E-state index is 5.23. The summed E-state index contributed by atoms with van der Waals surface area (Å²) in [4.78, 5) is 0. The van der Waals surface area contributed by atoms with Crippen molar-refractivity contribution in [2.75, 3.05) is 20.3 Å². The molecular weight excluding hydrogens is 162 g/mol. The van der Waals surface area contributed by atoms with Crippen LogP contribution < -0.4 is 5.32 Å². The van der Waals surface area contributed by atoms with Crippen molar-refractivity contribution in [3.8, 4) is 0 Å². The van der Waals surface area contributed by atoms with Gasteiger partial charge in [-0.15, -0.1) is 0 Å². The highest BCUT2D eigenvalue weighted by atomic mass is 16.5. The van der Waals surface area contributed by atoms with Gasteiger partial charge in [0.05, 0.1) is 6.61 Å². The predicted octanol–water partition coefficient (Wildman–Crippen LogP) is 2.05. The van der Waals surface area contributed by atoms with Crippen LogP contribution in [0.3, 0.4) is 0 Å². The second-order valence-corrected chi connectivity index (χ2v) is 5.18. The first kappa shape index (κ1) is 11.0. The molecule has 78 valence electrons. The summed E-state index contributed by atoms with van der Waals surface area (Å²) in [6.07, 6.45) is 2.81. The Morgan fingerprint density at radius 2 is 2.00 bits per heavy atom. The lowest BCUT2D eigenvalue weighted by molar-refractivity contribution is 0.136. The highest BCUT2D eigenvalue weighted by Gasteiger charge is 2.31. The third kappa shape index (κ3) is 4.63. The van der Waals surface area contributed by atoms with E-state index >= 15 is 0 Å². The van der Waals surface area contributed by atoms with Gasteiger partial charge in [-0.3, -0.25) is 0 Å². The number of hydrogen-bond acceptors (Lipinski definition) is 2. The highest BCUT2D eigenvalue weighted by Crippen LogP contribution is 2.36. The quantitative estimate of drug-likeness (QED) is 0.708. The average Bonchev–Trinajstić information content (AvgIpc) is 2.78. The number of methoxy groups -OCH3 is 1. The molecule has 0 spiro atoms. The van der Waals surface area contributed by atoms with Gasteiger partial charge in [0, 0.05) is 19.2 Å². The van der Waals surface area contributed by atoms with Crippen LogP contribution in [0, 0.1) is 11.8 Å². The van der Waals surface area contributed by atoms with E-state index in [4.69, 9.17) is 4.74 Å². The van der Waals surface area contributed by atoms with Gasteiger partial charge in [-0.2, -0.15) is 0 Å². The van der Waals surface area contributed by atoms with E-state index in [9.17, 15) is 0 Å². The van der Waals surface area contributed by atoms with Crippen LogP contribution in [0.2, 0.25) is 0 Å². The standard InChI is InChI=1S/C11H23NO/c1-11(2,3)12-7-10(8-13-4)9-5-6-9/h9-10,12H,5-8H2,1-4H3. The summed E-state index contributed by atoms with van der Waals surface area (Å²) >= 11 is 0. The molecule has 1 fully saturated rings. The fourth-order valence-electron chi connectivity index (χ4n) is 1.58. The highest BCUT2D eigenvalue weighted by molar-refractivity contribution is 4.84. The molecule has 2 nitrogen and oxygen atoms in total.